The topological polar surface area (TPSA) is 72.2 Å². The first-order valence-electron chi connectivity index (χ1n) is 5.56. The number of sulfonamides is 1. The summed E-state index contributed by atoms with van der Waals surface area (Å²) in [5, 5.41) is 0.123. The van der Waals surface area contributed by atoms with Gasteiger partial charge in [-0.05, 0) is 18.1 Å². The van der Waals surface area contributed by atoms with E-state index >= 15 is 0 Å². The average Bonchev–Trinajstić information content (AvgIpc) is 2.23. The van der Waals surface area contributed by atoms with E-state index in [9.17, 15) is 8.42 Å². The van der Waals surface area contributed by atoms with Crippen LogP contribution in [0.25, 0.3) is 0 Å². The normalized spacial score (nSPS) is 13.8. The van der Waals surface area contributed by atoms with Gasteiger partial charge in [-0.25, -0.2) is 13.1 Å². The van der Waals surface area contributed by atoms with Gasteiger partial charge in [0.05, 0.1) is 10.0 Å². The third kappa shape index (κ3) is 4.31. The maximum Gasteiger partial charge on any atom is 0.243 e. The smallest absolute Gasteiger partial charge is 0.243 e. The second kappa shape index (κ2) is 6.74. The lowest BCUT2D eigenvalue weighted by molar-refractivity contribution is 0.455. The first-order valence-corrected chi connectivity index (χ1v) is 8.59. The Balaban J connectivity index is 3.21. The van der Waals surface area contributed by atoms with Gasteiger partial charge in [-0.1, -0.05) is 53.0 Å². The molecular formula is C11H15BrCl2N2O2S. The van der Waals surface area contributed by atoms with E-state index in [1.54, 1.807) is 0 Å². The molecule has 0 bridgehead atoms. The van der Waals surface area contributed by atoms with Crippen LogP contribution in [0.2, 0.25) is 10.0 Å². The third-order valence-corrected chi connectivity index (χ3v) is 5.47. The largest absolute Gasteiger partial charge is 0.329 e. The molecule has 0 saturated heterocycles. The van der Waals surface area contributed by atoms with Crippen LogP contribution in [0.15, 0.2) is 21.5 Å². The maximum atomic E-state index is 12.3. The van der Waals surface area contributed by atoms with Gasteiger partial charge in [0.15, 0.2) is 0 Å². The van der Waals surface area contributed by atoms with E-state index in [1.807, 2.05) is 13.8 Å². The Morgan fingerprint density at radius 1 is 1.32 bits per heavy atom. The van der Waals surface area contributed by atoms with E-state index in [-0.39, 0.29) is 33.4 Å². The van der Waals surface area contributed by atoms with E-state index in [1.165, 1.54) is 12.1 Å². The Kier molecular flexibility index (Phi) is 6.10. The Bertz CT molecular complexity index is 541. The molecule has 108 valence electrons. The molecular weight excluding hydrogens is 375 g/mol. The van der Waals surface area contributed by atoms with Crippen molar-refractivity contribution in [2.24, 2.45) is 11.7 Å². The number of rotatable bonds is 5. The number of nitrogens with one attached hydrogen (secondary N) is 1. The summed E-state index contributed by atoms with van der Waals surface area (Å²) in [6.45, 7) is 3.96. The standard InChI is InChI=1S/C11H15BrCl2N2O2S/c1-6(2)10(5-15)16-19(17,18)11-8(13)3-7(12)4-9(11)14/h3-4,6,10,16H,5,15H2,1-2H3. The van der Waals surface area contributed by atoms with Crippen LogP contribution < -0.4 is 10.5 Å². The quantitative estimate of drug-likeness (QED) is 0.812. The minimum atomic E-state index is -3.81. The summed E-state index contributed by atoms with van der Waals surface area (Å²) >= 11 is 15.1. The van der Waals surface area contributed by atoms with Crippen molar-refractivity contribution in [3.63, 3.8) is 0 Å². The molecule has 0 saturated carbocycles. The van der Waals surface area contributed by atoms with Crippen LogP contribution in [0.5, 0.6) is 0 Å². The van der Waals surface area contributed by atoms with Crippen molar-refractivity contribution in [2.75, 3.05) is 6.54 Å². The minimum absolute atomic E-state index is 0.0615. The number of benzene rings is 1. The van der Waals surface area contributed by atoms with Gasteiger partial charge < -0.3 is 5.73 Å². The number of hydrogen-bond donors (Lipinski definition) is 2. The summed E-state index contributed by atoms with van der Waals surface area (Å²) in [6, 6.07) is 2.59. The van der Waals surface area contributed by atoms with E-state index in [4.69, 9.17) is 28.9 Å². The molecule has 1 atom stereocenters. The molecule has 0 aliphatic carbocycles. The Morgan fingerprint density at radius 2 is 1.79 bits per heavy atom. The molecule has 0 radical (unpaired) electrons. The summed E-state index contributed by atoms with van der Waals surface area (Å²) in [7, 11) is -3.81. The highest BCUT2D eigenvalue weighted by Gasteiger charge is 2.26. The molecule has 0 aromatic heterocycles. The van der Waals surface area contributed by atoms with Crippen LogP contribution in [0.3, 0.4) is 0 Å². The summed E-state index contributed by atoms with van der Waals surface area (Å²) < 4.78 is 27.8. The lowest BCUT2D eigenvalue weighted by Gasteiger charge is -2.21. The van der Waals surface area contributed by atoms with Gasteiger partial charge in [0, 0.05) is 17.1 Å². The van der Waals surface area contributed by atoms with Crippen LogP contribution in [0.4, 0.5) is 0 Å². The first-order chi connectivity index (χ1) is 8.69. The monoisotopic (exact) mass is 388 g/mol. The zero-order valence-electron chi connectivity index (χ0n) is 10.5. The van der Waals surface area contributed by atoms with Gasteiger partial charge >= 0.3 is 0 Å². The van der Waals surface area contributed by atoms with Crippen molar-refractivity contribution in [3.8, 4) is 0 Å². The molecule has 0 spiro atoms. The highest BCUT2D eigenvalue weighted by molar-refractivity contribution is 9.10. The van der Waals surface area contributed by atoms with Crippen molar-refractivity contribution in [3.05, 3.63) is 26.7 Å². The first kappa shape index (κ1) is 17.2. The van der Waals surface area contributed by atoms with E-state index in [2.05, 4.69) is 20.7 Å². The van der Waals surface area contributed by atoms with Crippen molar-refractivity contribution < 1.29 is 8.42 Å². The van der Waals surface area contributed by atoms with Gasteiger partial charge in [0.2, 0.25) is 10.0 Å². The second-order valence-electron chi connectivity index (χ2n) is 4.41. The van der Waals surface area contributed by atoms with Crippen LogP contribution >= 0.6 is 39.1 Å². The fraction of sp³-hybridized carbons (Fsp3) is 0.455. The molecule has 1 rings (SSSR count). The zero-order chi connectivity index (χ0) is 14.8. The lowest BCUT2D eigenvalue weighted by Crippen LogP contribution is -2.43. The molecule has 4 nitrogen and oxygen atoms in total. The fourth-order valence-electron chi connectivity index (χ4n) is 1.50. The molecule has 1 aromatic rings. The van der Waals surface area contributed by atoms with Crippen molar-refractivity contribution in [1.82, 2.24) is 4.72 Å². The van der Waals surface area contributed by atoms with Crippen molar-refractivity contribution >= 4 is 49.2 Å². The third-order valence-electron chi connectivity index (χ3n) is 2.60. The van der Waals surface area contributed by atoms with Gasteiger partial charge in [-0.2, -0.15) is 0 Å². The molecule has 19 heavy (non-hydrogen) atoms. The minimum Gasteiger partial charge on any atom is -0.329 e. The molecule has 8 heteroatoms. The predicted octanol–water partition coefficient (Wildman–Crippen LogP) is 3.02. The number of hydrogen-bond acceptors (Lipinski definition) is 3. The van der Waals surface area contributed by atoms with Gasteiger partial charge in [0.25, 0.3) is 0 Å². The molecule has 3 N–H and O–H groups in total. The van der Waals surface area contributed by atoms with Crippen LogP contribution in [0, 0.1) is 5.92 Å². The fourth-order valence-corrected chi connectivity index (χ4v) is 4.83. The Hall–Kier alpha value is 0.150. The van der Waals surface area contributed by atoms with Crippen molar-refractivity contribution in [1.29, 1.82) is 0 Å². The molecule has 0 amide bonds. The zero-order valence-corrected chi connectivity index (χ0v) is 14.4. The predicted molar refractivity (Wildman–Crippen MR) is 82.2 cm³/mol. The summed E-state index contributed by atoms with van der Waals surface area (Å²) in [4.78, 5) is -0.127. The number of nitrogens with two attached hydrogens (primary N) is 1. The molecule has 0 fully saturated rings. The molecule has 1 unspecified atom stereocenters. The highest BCUT2D eigenvalue weighted by Crippen LogP contribution is 2.32. The van der Waals surface area contributed by atoms with Gasteiger partial charge in [-0.15, -0.1) is 0 Å². The Labute approximate surface area is 131 Å². The summed E-state index contributed by atoms with van der Waals surface area (Å²) in [6.07, 6.45) is 0. The van der Waals surface area contributed by atoms with E-state index < -0.39 is 10.0 Å². The van der Waals surface area contributed by atoms with Gasteiger partial charge in [-0.3, -0.25) is 0 Å². The van der Waals surface area contributed by atoms with E-state index in [0.717, 1.165) is 0 Å². The summed E-state index contributed by atoms with van der Waals surface area (Å²) in [5.41, 5.74) is 5.56. The Morgan fingerprint density at radius 3 is 2.16 bits per heavy atom. The second-order valence-corrected chi connectivity index (χ2v) is 7.79. The van der Waals surface area contributed by atoms with Crippen LogP contribution in [-0.4, -0.2) is 21.0 Å². The van der Waals surface area contributed by atoms with Crippen LogP contribution in [0.1, 0.15) is 13.8 Å². The van der Waals surface area contributed by atoms with Crippen LogP contribution in [-0.2, 0) is 10.0 Å². The summed E-state index contributed by atoms with van der Waals surface area (Å²) in [5.74, 6) is 0.0628. The molecule has 0 aliphatic rings. The maximum absolute atomic E-state index is 12.3. The van der Waals surface area contributed by atoms with Crippen molar-refractivity contribution in [2.45, 2.75) is 24.8 Å². The highest BCUT2D eigenvalue weighted by atomic mass is 79.9. The average molecular weight is 390 g/mol. The van der Waals surface area contributed by atoms with Gasteiger partial charge in [0.1, 0.15) is 4.90 Å². The lowest BCUT2D eigenvalue weighted by atomic mass is 10.1. The molecule has 1 aromatic carbocycles. The molecule has 0 aliphatic heterocycles. The number of halogens is 3. The SMILES string of the molecule is CC(C)C(CN)NS(=O)(=O)c1c(Cl)cc(Br)cc1Cl. The van der Waals surface area contributed by atoms with E-state index in [0.29, 0.717) is 4.47 Å². The molecule has 0 heterocycles.